The lowest BCUT2D eigenvalue weighted by Crippen LogP contribution is -1.82. The average molecular weight is 236 g/mol. The van der Waals surface area contributed by atoms with Gasteiger partial charge in [-0.2, -0.15) is 0 Å². The van der Waals surface area contributed by atoms with E-state index in [0.717, 1.165) is 5.75 Å². The van der Waals surface area contributed by atoms with Crippen molar-refractivity contribution in [3.05, 3.63) is 73.2 Å². The number of furan rings is 1. The summed E-state index contributed by atoms with van der Waals surface area (Å²) in [5.74, 6) is 1.51. The van der Waals surface area contributed by atoms with Crippen LogP contribution in [0, 0.1) is 0 Å². The molecule has 0 aliphatic heterocycles. The Bertz CT molecular complexity index is 595. The summed E-state index contributed by atoms with van der Waals surface area (Å²) in [5, 5.41) is 0. The molecular formula is C16H12O2. The Morgan fingerprint density at radius 1 is 0.667 bits per heavy atom. The highest BCUT2D eigenvalue weighted by molar-refractivity contribution is 5.63. The molecule has 18 heavy (non-hydrogen) atoms. The van der Waals surface area contributed by atoms with Crippen LogP contribution in [0.15, 0.2) is 77.6 Å². The summed E-state index contributed by atoms with van der Waals surface area (Å²) in [4.78, 5) is 0. The first-order valence-corrected chi connectivity index (χ1v) is 5.77. The van der Waals surface area contributed by atoms with Crippen LogP contribution in [-0.2, 0) is 0 Å². The van der Waals surface area contributed by atoms with Gasteiger partial charge in [-0.1, -0.05) is 42.5 Å². The van der Waals surface area contributed by atoms with E-state index in [9.17, 15) is 0 Å². The van der Waals surface area contributed by atoms with Crippen LogP contribution < -0.4 is 4.74 Å². The Kier molecular flexibility index (Phi) is 2.84. The smallest absolute Gasteiger partial charge is 0.165 e. The molecular weight excluding hydrogens is 224 g/mol. The van der Waals surface area contributed by atoms with Crippen molar-refractivity contribution in [1.29, 1.82) is 0 Å². The molecule has 0 N–H and O–H groups in total. The summed E-state index contributed by atoms with van der Waals surface area (Å²) >= 11 is 0. The molecule has 0 saturated heterocycles. The molecule has 2 aromatic carbocycles. The maximum atomic E-state index is 5.62. The number of rotatable bonds is 3. The Balaban J connectivity index is 1.81. The number of hydrogen-bond acceptors (Lipinski definition) is 2. The lowest BCUT2D eigenvalue weighted by molar-refractivity contribution is 0.466. The molecule has 2 heteroatoms. The van der Waals surface area contributed by atoms with Gasteiger partial charge in [0.25, 0.3) is 0 Å². The van der Waals surface area contributed by atoms with Crippen molar-refractivity contribution in [3.63, 3.8) is 0 Å². The maximum Gasteiger partial charge on any atom is 0.165 e. The molecule has 0 radical (unpaired) electrons. The SMILES string of the molecule is c1ccc(-c2ccc(Oc3ccoc3)cc2)cc1. The van der Waals surface area contributed by atoms with E-state index in [1.165, 1.54) is 11.1 Å². The van der Waals surface area contributed by atoms with Crippen LogP contribution in [0.5, 0.6) is 11.5 Å². The van der Waals surface area contributed by atoms with Gasteiger partial charge >= 0.3 is 0 Å². The van der Waals surface area contributed by atoms with Gasteiger partial charge in [0.1, 0.15) is 12.0 Å². The van der Waals surface area contributed by atoms with Crippen LogP contribution in [0.1, 0.15) is 0 Å². The minimum absolute atomic E-state index is 0.711. The second-order valence-corrected chi connectivity index (χ2v) is 3.95. The molecule has 0 amide bonds. The van der Waals surface area contributed by atoms with Crippen molar-refractivity contribution in [2.45, 2.75) is 0 Å². The van der Waals surface area contributed by atoms with E-state index < -0.39 is 0 Å². The summed E-state index contributed by atoms with van der Waals surface area (Å²) in [5.41, 5.74) is 2.38. The van der Waals surface area contributed by atoms with Crippen molar-refractivity contribution in [2.75, 3.05) is 0 Å². The number of hydrogen-bond donors (Lipinski definition) is 0. The molecule has 2 nitrogen and oxygen atoms in total. The molecule has 1 heterocycles. The zero-order valence-corrected chi connectivity index (χ0v) is 9.74. The summed E-state index contributed by atoms with van der Waals surface area (Å²) in [6, 6.07) is 20.0. The molecule has 1 aromatic heterocycles. The van der Waals surface area contributed by atoms with E-state index in [4.69, 9.17) is 9.15 Å². The van der Waals surface area contributed by atoms with E-state index in [1.807, 2.05) is 42.5 Å². The normalized spacial score (nSPS) is 10.2. The number of benzene rings is 2. The van der Waals surface area contributed by atoms with Crippen molar-refractivity contribution >= 4 is 0 Å². The van der Waals surface area contributed by atoms with Gasteiger partial charge in [-0.05, 0) is 23.3 Å². The van der Waals surface area contributed by atoms with Crippen LogP contribution >= 0.6 is 0 Å². The van der Waals surface area contributed by atoms with Gasteiger partial charge < -0.3 is 9.15 Å². The summed E-state index contributed by atoms with van der Waals surface area (Å²) in [7, 11) is 0. The van der Waals surface area contributed by atoms with Gasteiger partial charge in [0, 0.05) is 6.07 Å². The summed E-state index contributed by atoms with van der Waals surface area (Å²) < 4.78 is 10.6. The first-order chi connectivity index (χ1) is 8.92. The van der Waals surface area contributed by atoms with Crippen LogP contribution in [0.2, 0.25) is 0 Å². The minimum atomic E-state index is 0.711. The lowest BCUT2D eigenvalue weighted by Gasteiger charge is -2.04. The molecule has 0 unspecified atom stereocenters. The van der Waals surface area contributed by atoms with Gasteiger partial charge in [-0.15, -0.1) is 0 Å². The fourth-order valence-corrected chi connectivity index (χ4v) is 1.79. The van der Waals surface area contributed by atoms with Crippen LogP contribution in [-0.4, -0.2) is 0 Å². The van der Waals surface area contributed by atoms with E-state index in [0.29, 0.717) is 5.75 Å². The van der Waals surface area contributed by atoms with E-state index in [-0.39, 0.29) is 0 Å². The fourth-order valence-electron chi connectivity index (χ4n) is 1.79. The van der Waals surface area contributed by atoms with Crippen molar-refractivity contribution in [3.8, 4) is 22.6 Å². The summed E-state index contributed by atoms with van der Waals surface area (Å²) in [6.07, 6.45) is 3.17. The molecule has 0 spiro atoms. The molecule has 0 aliphatic carbocycles. The average Bonchev–Trinajstić information content (AvgIpc) is 2.94. The fraction of sp³-hybridized carbons (Fsp3) is 0. The first-order valence-electron chi connectivity index (χ1n) is 5.77. The molecule has 0 bridgehead atoms. The largest absolute Gasteiger partial charge is 0.469 e. The Labute approximate surface area is 105 Å². The second kappa shape index (κ2) is 4.80. The molecule has 0 saturated carbocycles. The minimum Gasteiger partial charge on any atom is -0.469 e. The van der Waals surface area contributed by atoms with E-state index in [2.05, 4.69) is 12.1 Å². The molecule has 0 atom stereocenters. The van der Waals surface area contributed by atoms with Crippen molar-refractivity contribution in [1.82, 2.24) is 0 Å². The van der Waals surface area contributed by atoms with Crippen LogP contribution in [0.25, 0.3) is 11.1 Å². The third-order valence-electron chi connectivity index (χ3n) is 2.69. The third kappa shape index (κ3) is 2.28. The Morgan fingerprint density at radius 2 is 1.39 bits per heavy atom. The predicted octanol–water partition coefficient (Wildman–Crippen LogP) is 4.74. The molecule has 88 valence electrons. The molecule has 3 aromatic rings. The molecule has 3 rings (SSSR count). The van der Waals surface area contributed by atoms with Crippen LogP contribution in [0.4, 0.5) is 0 Å². The van der Waals surface area contributed by atoms with Crippen LogP contribution in [0.3, 0.4) is 0 Å². The van der Waals surface area contributed by atoms with Gasteiger partial charge in [0.15, 0.2) is 5.75 Å². The Morgan fingerprint density at radius 3 is 2.06 bits per heavy atom. The second-order valence-electron chi connectivity index (χ2n) is 3.95. The van der Waals surface area contributed by atoms with Gasteiger partial charge in [0.05, 0.1) is 6.26 Å². The summed E-state index contributed by atoms with van der Waals surface area (Å²) in [6.45, 7) is 0. The molecule has 0 fully saturated rings. The highest BCUT2D eigenvalue weighted by Gasteiger charge is 2.00. The monoisotopic (exact) mass is 236 g/mol. The standard InChI is InChI=1S/C16H12O2/c1-2-4-13(5-3-1)14-6-8-15(9-7-14)18-16-10-11-17-12-16/h1-12H. The maximum absolute atomic E-state index is 5.62. The predicted molar refractivity (Wildman–Crippen MR) is 70.7 cm³/mol. The first kappa shape index (κ1) is 10.7. The number of ether oxygens (including phenoxy) is 1. The quantitative estimate of drug-likeness (QED) is 0.655. The lowest BCUT2D eigenvalue weighted by atomic mass is 10.1. The van der Waals surface area contributed by atoms with Gasteiger partial charge in [-0.25, -0.2) is 0 Å². The van der Waals surface area contributed by atoms with E-state index >= 15 is 0 Å². The van der Waals surface area contributed by atoms with Gasteiger partial charge in [-0.3, -0.25) is 0 Å². The Hall–Kier alpha value is -2.48. The highest BCUT2D eigenvalue weighted by Crippen LogP contribution is 2.25. The molecule has 0 aliphatic rings. The topological polar surface area (TPSA) is 22.4 Å². The van der Waals surface area contributed by atoms with Gasteiger partial charge in [0.2, 0.25) is 0 Å². The third-order valence-corrected chi connectivity index (χ3v) is 2.69. The van der Waals surface area contributed by atoms with E-state index in [1.54, 1.807) is 18.6 Å². The van der Waals surface area contributed by atoms with Crippen molar-refractivity contribution in [2.24, 2.45) is 0 Å². The highest BCUT2D eigenvalue weighted by atomic mass is 16.5. The zero-order valence-electron chi connectivity index (χ0n) is 9.74. The zero-order chi connectivity index (χ0) is 12.2. The van der Waals surface area contributed by atoms with Crippen molar-refractivity contribution < 1.29 is 9.15 Å².